The van der Waals surface area contributed by atoms with Gasteiger partial charge in [-0.1, -0.05) is 18.2 Å². The zero-order chi connectivity index (χ0) is 23.7. The number of carbonyl (C=O) groups is 3. The number of benzene rings is 3. The fourth-order valence-electron chi connectivity index (χ4n) is 4.46. The van der Waals surface area contributed by atoms with Gasteiger partial charge in [-0.2, -0.15) is 0 Å². The first-order valence-electron chi connectivity index (χ1n) is 11.4. The number of fused-ring (bicyclic) bond motifs is 2. The van der Waals surface area contributed by atoms with E-state index in [1.54, 1.807) is 30.3 Å². The Hall–Kier alpha value is -3.97. The summed E-state index contributed by atoms with van der Waals surface area (Å²) in [4.78, 5) is 39.2. The quantitative estimate of drug-likeness (QED) is 0.552. The Morgan fingerprint density at radius 1 is 0.941 bits per heavy atom. The predicted molar refractivity (Wildman–Crippen MR) is 131 cm³/mol. The normalized spacial score (nSPS) is 14.7. The van der Waals surface area contributed by atoms with Crippen LogP contribution in [0, 0.1) is 0 Å². The van der Waals surface area contributed by atoms with Crippen LogP contribution in [0.4, 0.5) is 11.4 Å². The zero-order valence-electron chi connectivity index (χ0n) is 19.0. The Bertz CT molecular complexity index is 1300. The first-order valence-corrected chi connectivity index (χ1v) is 11.4. The smallest absolute Gasteiger partial charge is 0.255 e. The van der Waals surface area contributed by atoms with E-state index in [1.165, 1.54) is 11.1 Å². The van der Waals surface area contributed by atoms with Crippen molar-refractivity contribution in [2.75, 3.05) is 24.2 Å². The molecule has 34 heavy (non-hydrogen) atoms. The molecule has 2 heterocycles. The number of amides is 3. The first-order chi connectivity index (χ1) is 16.4. The molecule has 0 fully saturated rings. The summed E-state index contributed by atoms with van der Waals surface area (Å²) >= 11 is 0. The number of likely N-dealkylation sites (N-methyl/N-ethyl adjacent to an activating group) is 1. The van der Waals surface area contributed by atoms with E-state index < -0.39 is 0 Å². The number of rotatable bonds is 5. The molecule has 0 aromatic heterocycles. The molecule has 0 spiro atoms. The summed E-state index contributed by atoms with van der Waals surface area (Å²) in [6.07, 6.45) is 1.31. The monoisotopic (exact) mass is 454 g/mol. The average Bonchev–Trinajstić information content (AvgIpc) is 3.21. The van der Waals surface area contributed by atoms with E-state index >= 15 is 0 Å². The molecule has 3 amide bonds. The molecule has 0 unspecified atom stereocenters. The molecular weight excluding hydrogens is 428 g/mol. The minimum absolute atomic E-state index is 0.0645. The van der Waals surface area contributed by atoms with E-state index in [-0.39, 0.29) is 24.1 Å². The molecule has 3 aromatic carbocycles. The van der Waals surface area contributed by atoms with Gasteiger partial charge in [-0.15, -0.1) is 0 Å². The topological polar surface area (TPSA) is 90.5 Å². The number of hydrogen-bond donors (Lipinski definition) is 3. The van der Waals surface area contributed by atoms with Gasteiger partial charge in [0.25, 0.3) is 11.8 Å². The van der Waals surface area contributed by atoms with Gasteiger partial charge in [0.05, 0.1) is 6.42 Å². The Morgan fingerprint density at radius 3 is 2.68 bits per heavy atom. The van der Waals surface area contributed by atoms with E-state index in [2.05, 4.69) is 34.0 Å². The number of anilines is 2. The van der Waals surface area contributed by atoms with Gasteiger partial charge in [0, 0.05) is 42.1 Å². The van der Waals surface area contributed by atoms with Crippen molar-refractivity contribution in [1.82, 2.24) is 10.2 Å². The summed E-state index contributed by atoms with van der Waals surface area (Å²) < 4.78 is 0. The van der Waals surface area contributed by atoms with Crippen molar-refractivity contribution in [2.45, 2.75) is 25.9 Å². The van der Waals surface area contributed by atoms with E-state index in [4.69, 9.17) is 0 Å². The zero-order valence-corrected chi connectivity index (χ0v) is 19.0. The molecule has 0 saturated carbocycles. The highest BCUT2D eigenvalue weighted by atomic mass is 16.2. The Morgan fingerprint density at radius 2 is 1.79 bits per heavy atom. The summed E-state index contributed by atoms with van der Waals surface area (Å²) in [6.45, 7) is 2.22. The lowest BCUT2D eigenvalue weighted by Crippen LogP contribution is -2.26. The highest BCUT2D eigenvalue weighted by Gasteiger charge is 2.19. The van der Waals surface area contributed by atoms with Crippen molar-refractivity contribution < 1.29 is 14.4 Å². The minimum Gasteiger partial charge on any atom is -0.348 e. The van der Waals surface area contributed by atoms with E-state index in [0.29, 0.717) is 17.7 Å². The van der Waals surface area contributed by atoms with Gasteiger partial charge in [0.15, 0.2) is 0 Å². The van der Waals surface area contributed by atoms with Crippen LogP contribution in [-0.2, 0) is 30.7 Å². The second-order valence-corrected chi connectivity index (χ2v) is 8.91. The third-order valence-electron chi connectivity index (χ3n) is 6.30. The van der Waals surface area contributed by atoms with Gasteiger partial charge in [-0.05, 0) is 78.2 Å². The van der Waals surface area contributed by atoms with Crippen molar-refractivity contribution in [1.29, 1.82) is 0 Å². The molecule has 172 valence electrons. The molecule has 7 nitrogen and oxygen atoms in total. The summed E-state index contributed by atoms with van der Waals surface area (Å²) in [7, 11) is 2.10. The fraction of sp³-hybridized carbons (Fsp3) is 0.222. The Labute approximate surface area is 198 Å². The van der Waals surface area contributed by atoms with E-state index in [9.17, 15) is 14.4 Å². The summed E-state index contributed by atoms with van der Waals surface area (Å²) in [5.41, 5.74) is 6.80. The molecule has 5 rings (SSSR count). The van der Waals surface area contributed by atoms with Crippen LogP contribution >= 0.6 is 0 Å². The van der Waals surface area contributed by atoms with E-state index in [0.717, 1.165) is 42.0 Å². The second-order valence-electron chi connectivity index (χ2n) is 8.91. The van der Waals surface area contributed by atoms with Gasteiger partial charge < -0.3 is 20.9 Å². The summed E-state index contributed by atoms with van der Waals surface area (Å²) in [5.74, 6) is -0.477. The summed E-state index contributed by atoms with van der Waals surface area (Å²) in [5, 5.41) is 8.64. The van der Waals surface area contributed by atoms with Gasteiger partial charge >= 0.3 is 0 Å². The van der Waals surface area contributed by atoms with Gasteiger partial charge in [0.1, 0.15) is 0 Å². The van der Waals surface area contributed by atoms with Crippen LogP contribution in [0.2, 0.25) is 0 Å². The maximum atomic E-state index is 12.9. The van der Waals surface area contributed by atoms with Crippen LogP contribution in [0.25, 0.3) is 0 Å². The first kappa shape index (κ1) is 21.9. The Kier molecular flexibility index (Phi) is 5.86. The molecule has 0 radical (unpaired) electrons. The molecule has 0 bridgehead atoms. The molecule has 7 heteroatoms. The molecule has 0 aliphatic carbocycles. The van der Waals surface area contributed by atoms with Crippen LogP contribution < -0.4 is 16.0 Å². The summed E-state index contributed by atoms with van der Waals surface area (Å²) in [6, 6.07) is 18.5. The predicted octanol–water partition coefficient (Wildman–Crippen LogP) is 3.35. The van der Waals surface area contributed by atoms with Gasteiger partial charge in [0.2, 0.25) is 5.91 Å². The Balaban J connectivity index is 1.22. The SMILES string of the molecule is CN1CCc2ccc(NC(=O)c3cccc(CNC(=O)c4ccc5c(c4)CC(=O)N5)c3)cc2C1. The number of hydrogen-bond acceptors (Lipinski definition) is 4. The van der Waals surface area contributed by atoms with Crippen LogP contribution in [0.1, 0.15) is 43.0 Å². The van der Waals surface area contributed by atoms with Crippen LogP contribution in [0.15, 0.2) is 60.7 Å². The largest absolute Gasteiger partial charge is 0.348 e. The average molecular weight is 455 g/mol. The third kappa shape index (κ3) is 4.70. The lowest BCUT2D eigenvalue weighted by Gasteiger charge is -2.25. The molecule has 2 aliphatic rings. The van der Waals surface area contributed by atoms with Gasteiger partial charge in [-0.3, -0.25) is 14.4 Å². The molecular formula is C27H26N4O3. The standard InChI is InChI=1S/C27H26N4O3/c1-31-10-9-18-5-7-23(13-22(18)16-31)29-27(34)19-4-2-3-17(11-19)15-28-26(33)20-6-8-24-21(12-20)14-25(32)30-24/h2-8,11-13H,9-10,14-16H2,1H3,(H,28,33)(H,29,34)(H,30,32). The lowest BCUT2D eigenvalue weighted by atomic mass is 9.99. The molecule has 2 aliphatic heterocycles. The van der Waals surface area contributed by atoms with Crippen LogP contribution in [0.5, 0.6) is 0 Å². The molecule has 3 aromatic rings. The highest BCUT2D eigenvalue weighted by molar-refractivity contribution is 6.04. The van der Waals surface area contributed by atoms with Crippen molar-refractivity contribution in [3.63, 3.8) is 0 Å². The molecule has 0 saturated heterocycles. The number of carbonyl (C=O) groups excluding carboxylic acids is 3. The van der Waals surface area contributed by atoms with Crippen molar-refractivity contribution in [3.8, 4) is 0 Å². The maximum absolute atomic E-state index is 12.9. The maximum Gasteiger partial charge on any atom is 0.255 e. The fourth-order valence-corrected chi connectivity index (χ4v) is 4.46. The van der Waals surface area contributed by atoms with Crippen molar-refractivity contribution in [2.24, 2.45) is 0 Å². The van der Waals surface area contributed by atoms with E-state index in [1.807, 2.05) is 24.3 Å². The third-order valence-corrected chi connectivity index (χ3v) is 6.30. The lowest BCUT2D eigenvalue weighted by molar-refractivity contribution is -0.115. The second kappa shape index (κ2) is 9.11. The van der Waals surface area contributed by atoms with Crippen molar-refractivity contribution in [3.05, 3.63) is 94.0 Å². The van der Waals surface area contributed by atoms with Crippen LogP contribution in [0.3, 0.4) is 0 Å². The van der Waals surface area contributed by atoms with Crippen LogP contribution in [-0.4, -0.2) is 36.2 Å². The number of nitrogens with one attached hydrogen (secondary N) is 3. The minimum atomic E-state index is -0.226. The highest BCUT2D eigenvalue weighted by Crippen LogP contribution is 2.24. The molecule has 0 atom stereocenters. The van der Waals surface area contributed by atoms with Crippen molar-refractivity contribution >= 4 is 29.1 Å². The number of nitrogens with zero attached hydrogens (tertiary/aromatic N) is 1. The molecule has 3 N–H and O–H groups in total. The van der Waals surface area contributed by atoms with Gasteiger partial charge in [-0.25, -0.2) is 0 Å².